The summed E-state index contributed by atoms with van der Waals surface area (Å²) < 4.78 is 5.61. The van der Waals surface area contributed by atoms with Crippen LogP contribution in [0.1, 0.15) is 63.8 Å². The van der Waals surface area contributed by atoms with E-state index in [1.807, 2.05) is 33.9 Å². The quantitative estimate of drug-likeness (QED) is 0.165. The van der Waals surface area contributed by atoms with Crippen molar-refractivity contribution in [1.29, 1.82) is 0 Å². The predicted octanol–water partition coefficient (Wildman–Crippen LogP) is 5.52. The van der Waals surface area contributed by atoms with Crippen molar-refractivity contribution < 1.29 is 14.3 Å². The van der Waals surface area contributed by atoms with Gasteiger partial charge in [0.1, 0.15) is 6.29 Å². The van der Waals surface area contributed by atoms with E-state index in [4.69, 9.17) is 9.72 Å². The topological polar surface area (TPSA) is 90.0 Å². The number of aromatic nitrogens is 1. The fourth-order valence-electron chi connectivity index (χ4n) is 6.40. The van der Waals surface area contributed by atoms with Gasteiger partial charge in [0.05, 0.1) is 5.69 Å². The average molecular weight is 661 g/mol. The molecule has 9 heteroatoms. The Labute approximate surface area is 289 Å². The van der Waals surface area contributed by atoms with E-state index in [-0.39, 0.29) is 12.5 Å². The first-order valence-electron chi connectivity index (χ1n) is 17.6. The molecule has 264 valence electrons. The molecule has 0 saturated carbocycles. The van der Waals surface area contributed by atoms with Crippen molar-refractivity contribution in [3.63, 3.8) is 0 Å². The summed E-state index contributed by atoms with van der Waals surface area (Å²) in [7, 11) is 4.05. The molecule has 9 nitrogen and oxygen atoms in total. The number of rotatable bonds is 13. The Balaban J connectivity index is 0.000000332. The summed E-state index contributed by atoms with van der Waals surface area (Å²) in [5.41, 5.74) is 10.3. The summed E-state index contributed by atoms with van der Waals surface area (Å²) in [5, 5.41) is 5.51. The van der Waals surface area contributed by atoms with E-state index < -0.39 is 0 Å². The average Bonchev–Trinajstić information content (AvgIpc) is 3.30. The Morgan fingerprint density at radius 2 is 1.83 bits per heavy atom. The predicted molar refractivity (Wildman–Crippen MR) is 198 cm³/mol. The van der Waals surface area contributed by atoms with Gasteiger partial charge in [0, 0.05) is 87.7 Å². The van der Waals surface area contributed by atoms with Crippen LogP contribution in [-0.2, 0) is 20.9 Å². The monoisotopic (exact) mass is 660 g/mol. The number of anilines is 1. The zero-order valence-electron chi connectivity index (χ0n) is 30.8. The molecule has 0 spiro atoms. The highest BCUT2D eigenvalue weighted by molar-refractivity contribution is 5.77. The fourth-order valence-corrected chi connectivity index (χ4v) is 6.40. The highest BCUT2D eigenvalue weighted by Crippen LogP contribution is 2.33. The van der Waals surface area contributed by atoms with E-state index in [0.29, 0.717) is 18.0 Å². The SMILES string of the molecule is CCN(c1cc(-c2ccc(CN3CCCN(C)CC3)nc2)cc(C)c1C)C1CCOCC1.CN/C(C)=C\C(=C(/C=O)CNC=O)C(C)C. The van der Waals surface area contributed by atoms with Crippen LogP contribution in [0.2, 0.25) is 0 Å². The van der Waals surface area contributed by atoms with Gasteiger partial charge in [0.25, 0.3) is 0 Å². The number of carbonyl (C=O) groups excluding carboxylic acids is 2. The molecular weight excluding hydrogens is 600 g/mol. The number of carbonyl (C=O) groups is 2. The molecule has 2 aliphatic heterocycles. The molecule has 2 saturated heterocycles. The Morgan fingerprint density at radius 1 is 1.08 bits per heavy atom. The molecule has 1 aromatic heterocycles. The molecule has 0 aliphatic carbocycles. The first-order chi connectivity index (χ1) is 23.1. The molecule has 0 unspecified atom stereocenters. The zero-order chi connectivity index (χ0) is 35.1. The van der Waals surface area contributed by atoms with Gasteiger partial charge in [-0.05, 0) is 113 Å². The molecule has 2 aromatic rings. The van der Waals surface area contributed by atoms with Crippen LogP contribution in [0.25, 0.3) is 11.1 Å². The van der Waals surface area contributed by atoms with Gasteiger partial charge >= 0.3 is 0 Å². The first kappa shape index (κ1) is 38.9. The maximum atomic E-state index is 11.0. The second kappa shape index (κ2) is 20.1. The number of likely N-dealkylation sites (N-methyl/N-ethyl adjacent to an activating group) is 1. The number of hydrogen-bond acceptors (Lipinski definition) is 8. The van der Waals surface area contributed by atoms with Crippen molar-refractivity contribution in [1.82, 2.24) is 25.4 Å². The summed E-state index contributed by atoms with van der Waals surface area (Å²) in [6.07, 6.45) is 8.85. The van der Waals surface area contributed by atoms with Crippen molar-refractivity contribution in [3.8, 4) is 11.1 Å². The number of ether oxygens (including phenoxy) is 1. The van der Waals surface area contributed by atoms with Crippen molar-refractivity contribution in [2.75, 3.05) is 71.5 Å². The maximum Gasteiger partial charge on any atom is 0.207 e. The van der Waals surface area contributed by atoms with Gasteiger partial charge in [-0.1, -0.05) is 26.0 Å². The molecule has 1 aromatic carbocycles. The maximum absolute atomic E-state index is 11.0. The molecule has 2 N–H and O–H groups in total. The number of benzene rings is 1. The lowest BCUT2D eigenvalue weighted by Gasteiger charge is -2.37. The van der Waals surface area contributed by atoms with Gasteiger partial charge in [-0.2, -0.15) is 0 Å². The number of hydrogen-bond donors (Lipinski definition) is 2. The second-order valence-corrected chi connectivity index (χ2v) is 13.4. The third kappa shape index (κ3) is 11.6. The third-order valence-corrected chi connectivity index (χ3v) is 9.55. The van der Waals surface area contributed by atoms with Crippen LogP contribution in [0.15, 0.2) is 53.4 Å². The molecule has 0 radical (unpaired) electrons. The number of aryl methyl sites for hydroxylation is 1. The minimum Gasteiger partial charge on any atom is -0.392 e. The summed E-state index contributed by atoms with van der Waals surface area (Å²) in [6.45, 7) is 21.3. The number of nitrogens with one attached hydrogen (secondary N) is 2. The lowest BCUT2D eigenvalue weighted by atomic mass is 9.96. The zero-order valence-corrected chi connectivity index (χ0v) is 30.8. The lowest BCUT2D eigenvalue weighted by molar-refractivity contribution is -0.109. The van der Waals surface area contributed by atoms with Crippen LogP contribution in [0.4, 0.5) is 5.69 Å². The Kier molecular flexibility index (Phi) is 16.3. The molecular formula is C39H60N6O3. The van der Waals surface area contributed by atoms with Gasteiger partial charge in [0.15, 0.2) is 0 Å². The second-order valence-electron chi connectivity index (χ2n) is 13.4. The summed E-state index contributed by atoms with van der Waals surface area (Å²) >= 11 is 0. The van der Waals surface area contributed by atoms with Crippen LogP contribution in [0.3, 0.4) is 0 Å². The molecule has 0 atom stereocenters. The van der Waals surface area contributed by atoms with Gasteiger partial charge in [0.2, 0.25) is 6.41 Å². The number of aldehydes is 1. The highest BCUT2D eigenvalue weighted by Gasteiger charge is 2.23. The molecule has 4 rings (SSSR count). The van der Waals surface area contributed by atoms with Gasteiger partial charge in [-0.15, -0.1) is 0 Å². The van der Waals surface area contributed by atoms with Crippen LogP contribution in [-0.4, -0.2) is 100 Å². The number of allylic oxidation sites excluding steroid dienone is 3. The standard InChI is InChI=1S/C27H40N4O.C12H20N2O2/c1-5-31(26-9-15-32-16-10-26)27-18-24(17-21(2)22(27)3)23-7-8-25(28-19-23)20-30-12-6-11-29(4)13-14-30;1-9(2)12(5-10(3)13-4)11(7-15)6-14-8-16/h7-8,17-19,26H,5-6,9-16,20H2,1-4H3;5,7-9,13H,6H2,1-4H3,(H,14,16)/b;10-5-,12-11+. The molecule has 3 heterocycles. The minimum atomic E-state index is 0.233. The van der Waals surface area contributed by atoms with Crippen molar-refractivity contribution in [2.45, 2.75) is 73.4 Å². The highest BCUT2D eigenvalue weighted by atomic mass is 16.5. The summed E-state index contributed by atoms with van der Waals surface area (Å²) in [5.74, 6) is 0.233. The third-order valence-electron chi connectivity index (χ3n) is 9.55. The van der Waals surface area contributed by atoms with Gasteiger partial charge in [-0.3, -0.25) is 19.5 Å². The van der Waals surface area contributed by atoms with Gasteiger partial charge in [-0.25, -0.2) is 0 Å². The molecule has 0 bridgehead atoms. The Morgan fingerprint density at radius 3 is 2.44 bits per heavy atom. The lowest BCUT2D eigenvalue weighted by Crippen LogP contribution is -2.39. The Hall–Kier alpha value is -3.53. The van der Waals surface area contributed by atoms with Crippen LogP contribution >= 0.6 is 0 Å². The fraction of sp³-hybridized carbons (Fsp3) is 0.564. The number of pyridine rings is 1. The van der Waals surface area contributed by atoms with Crippen LogP contribution < -0.4 is 15.5 Å². The normalized spacial score (nSPS) is 17.1. The first-order valence-corrected chi connectivity index (χ1v) is 17.6. The number of nitrogens with zero attached hydrogens (tertiary/aromatic N) is 4. The molecule has 2 fully saturated rings. The smallest absolute Gasteiger partial charge is 0.207 e. The van der Waals surface area contributed by atoms with Crippen molar-refractivity contribution in [2.24, 2.45) is 5.92 Å². The summed E-state index contributed by atoms with van der Waals surface area (Å²) in [6, 6.07) is 9.73. The minimum absolute atomic E-state index is 0.233. The van der Waals surface area contributed by atoms with E-state index in [9.17, 15) is 9.59 Å². The Bertz CT molecular complexity index is 1360. The molecule has 48 heavy (non-hydrogen) atoms. The van der Waals surface area contributed by atoms with Crippen molar-refractivity contribution in [3.05, 3.63) is 70.2 Å². The van der Waals surface area contributed by atoms with E-state index in [2.05, 4.69) is 83.6 Å². The van der Waals surface area contributed by atoms with E-state index in [1.54, 1.807) is 0 Å². The summed E-state index contributed by atoms with van der Waals surface area (Å²) in [4.78, 5) is 33.6. The molecule has 1 amide bonds. The van der Waals surface area contributed by atoms with Crippen LogP contribution in [0.5, 0.6) is 0 Å². The van der Waals surface area contributed by atoms with E-state index in [0.717, 1.165) is 76.3 Å². The van der Waals surface area contributed by atoms with E-state index >= 15 is 0 Å². The largest absolute Gasteiger partial charge is 0.392 e. The van der Waals surface area contributed by atoms with E-state index in [1.165, 1.54) is 46.6 Å². The number of amides is 1. The molecule has 2 aliphatic rings. The van der Waals surface area contributed by atoms with Crippen molar-refractivity contribution >= 4 is 18.4 Å². The van der Waals surface area contributed by atoms with Crippen LogP contribution in [0, 0.1) is 19.8 Å². The van der Waals surface area contributed by atoms with Gasteiger partial charge < -0.3 is 25.2 Å².